The van der Waals surface area contributed by atoms with Crippen LogP contribution < -0.4 is 5.32 Å². The molecule has 0 aliphatic carbocycles. The molecule has 0 aromatic carbocycles. The van der Waals surface area contributed by atoms with E-state index < -0.39 is 0 Å². The average Bonchev–Trinajstić information content (AvgIpc) is 2.59. The molecule has 0 saturated heterocycles. The lowest BCUT2D eigenvalue weighted by Gasteiger charge is -2.06. The lowest BCUT2D eigenvalue weighted by atomic mass is 10.2. The topological polar surface area (TPSA) is 29.1 Å². The molecule has 0 saturated carbocycles. The zero-order chi connectivity index (χ0) is 12.1. The molecule has 0 fully saturated rings. The van der Waals surface area contributed by atoms with Crippen LogP contribution in [0.1, 0.15) is 35.0 Å². The molecule has 0 spiro atoms. The summed E-state index contributed by atoms with van der Waals surface area (Å²) >= 11 is 10.8. The third-order valence-corrected chi connectivity index (χ3v) is 4.93. The van der Waals surface area contributed by atoms with Crippen LogP contribution in [0.25, 0.3) is 0 Å². The van der Waals surface area contributed by atoms with Gasteiger partial charge in [0.25, 0.3) is 5.91 Å². The second kappa shape index (κ2) is 6.62. The third-order valence-electron chi connectivity index (χ3n) is 2.27. The van der Waals surface area contributed by atoms with Crippen molar-refractivity contribution < 1.29 is 4.79 Å². The maximum Gasteiger partial charge on any atom is 0.261 e. The molecule has 1 unspecified atom stereocenters. The van der Waals surface area contributed by atoms with Crippen LogP contribution in [0.3, 0.4) is 0 Å². The molecule has 0 aliphatic heterocycles. The predicted molar refractivity (Wildman–Crippen MR) is 73.6 cm³/mol. The monoisotopic (exact) mass is 323 g/mol. The first-order valence-electron chi connectivity index (χ1n) is 5.22. The molecule has 1 heterocycles. The molecule has 0 radical (unpaired) electrons. The van der Waals surface area contributed by atoms with Crippen molar-refractivity contribution in [3.05, 3.63) is 20.3 Å². The van der Waals surface area contributed by atoms with Crippen molar-refractivity contribution in [3.63, 3.8) is 0 Å². The first kappa shape index (κ1) is 14.0. The molecule has 5 heteroatoms. The number of thiophene rings is 1. The highest BCUT2D eigenvalue weighted by Crippen LogP contribution is 2.27. The van der Waals surface area contributed by atoms with Gasteiger partial charge < -0.3 is 5.32 Å². The normalized spacial score (nSPS) is 12.5. The number of carbonyl (C=O) groups excluding carboxylic acids is 1. The summed E-state index contributed by atoms with van der Waals surface area (Å²) in [7, 11) is 0. The van der Waals surface area contributed by atoms with Gasteiger partial charge in [-0.1, -0.05) is 6.92 Å². The van der Waals surface area contributed by atoms with Gasteiger partial charge in [0.15, 0.2) is 0 Å². The van der Waals surface area contributed by atoms with Gasteiger partial charge in [0.05, 0.1) is 8.66 Å². The minimum absolute atomic E-state index is 0.0150. The maximum absolute atomic E-state index is 11.7. The van der Waals surface area contributed by atoms with Crippen LogP contribution in [0.5, 0.6) is 0 Å². The highest BCUT2D eigenvalue weighted by atomic mass is 79.9. The fourth-order valence-electron chi connectivity index (χ4n) is 1.21. The standard InChI is InChI=1S/C11H15BrClNOS/c1-3-8(13)4-5-14-11(15)9-6-7(2)10(12)16-9/h6,8H,3-5H2,1-2H3,(H,14,15). The van der Waals surface area contributed by atoms with Crippen molar-refractivity contribution in [2.45, 2.75) is 32.1 Å². The summed E-state index contributed by atoms with van der Waals surface area (Å²) in [5.74, 6) is -0.0150. The quantitative estimate of drug-likeness (QED) is 0.816. The number of alkyl halides is 1. The number of carbonyl (C=O) groups is 1. The predicted octanol–water partition coefficient (Wildman–Crippen LogP) is 3.96. The summed E-state index contributed by atoms with van der Waals surface area (Å²) in [6.07, 6.45) is 1.75. The van der Waals surface area contributed by atoms with E-state index in [2.05, 4.69) is 21.2 Å². The van der Waals surface area contributed by atoms with E-state index in [1.807, 2.05) is 19.9 Å². The highest BCUT2D eigenvalue weighted by Gasteiger charge is 2.11. The lowest BCUT2D eigenvalue weighted by molar-refractivity contribution is 0.0957. The summed E-state index contributed by atoms with van der Waals surface area (Å²) in [6.45, 7) is 4.65. The number of halogens is 2. The Morgan fingerprint density at radius 1 is 1.69 bits per heavy atom. The van der Waals surface area contributed by atoms with Crippen LogP contribution in [0.4, 0.5) is 0 Å². The minimum Gasteiger partial charge on any atom is -0.351 e. The Balaban J connectivity index is 2.41. The molecule has 1 aromatic heterocycles. The van der Waals surface area contributed by atoms with Crippen molar-refractivity contribution in [1.82, 2.24) is 5.32 Å². The second-order valence-electron chi connectivity index (χ2n) is 3.62. The van der Waals surface area contributed by atoms with Gasteiger partial charge in [-0.3, -0.25) is 4.79 Å². The average molecular weight is 325 g/mol. The van der Waals surface area contributed by atoms with Crippen LogP contribution >= 0.6 is 38.9 Å². The van der Waals surface area contributed by atoms with Gasteiger partial charge >= 0.3 is 0 Å². The molecular weight excluding hydrogens is 310 g/mol. The first-order chi connectivity index (χ1) is 7.54. The number of aryl methyl sites for hydroxylation is 1. The molecule has 1 N–H and O–H groups in total. The van der Waals surface area contributed by atoms with E-state index in [9.17, 15) is 4.79 Å². The molecule has 0 aliphatic rings. The molecule has 1 atom stereocenters. The van der Waals surface area contributed by atoms with Crippen molar-refractivity contribution in [2.24, 2.45) is 0 Å². The zero-order valence-corrected chi connectivity index (χ0v) is 12.5. The van der Waals surface area contributed by atoms with Gasteiger partial charge in [0, 0.05) is 11.9 Å². The number of amides is 1. The number of nitrogens with one attached hydrogen (secondary N) is 1. The Morgan fingerprint density at radius 3 is 2.88 bits per heavy atom. The molecular formula is C11H15BrClNOS. The lowest BCUT2D eigenvalue weighted by Crippen LogP contribution is -2.25. The Hall–Kier alpha value is -0.0600. The van der Waals surface area contributed by atoms with Gasteiger partial charge in [-0.15, -0.1) is 22.9 Å². The second-order valence-corrected chi connectivity index (χ2v) is 6.60. The van der Waals surface area contributed by atoms with Crippen LogP contribution in [-0.2, 0) is 0 Å². The number of hydrogen-bond acceptors (Lipinski definition) is 2. The fraction of sp³-hybridized carbons (Fsp3) is 0.545. The summed E-state index contributed by atoms with van der Waals surface area (Å²) in [5, 5.41) is 3.02. The minimum atomic E-state index is -0.0150. The van der Waals surface area contributed by atoms with Crippen molar-refractivity contribution >= 4 is 44.8 Å². The van der Waals surface area contributed by atoms with Gasteiger partial charge in [-0.05, 0) is 47.3 Å². The third kappa shape index (κ3) is 4.07. The van der Waals surface area contributed by atoms with E-state index in [0.717, 1.165) is 27.1 Å². The van der Waals surface area contributed by atoms with E-state index in [4.69, 9.17) is 11.6 Å². The molecule has 1 rings (SSSR count). The number of rotatable bonds is 5. The largest absolute Gasteiger partial charge is 0.351 e. The van der Waals surface area contributed by atoms with Crippen LogP contribution in [0, 0.1) is 6.92 Å². The molecule has 16 heavy (non-hydrogen) atoms. The summed E-state index contributed by atoms with van der Waals surface area (Å²) in [4.78, 5) is 12.5. The Kier molecular flexibility index (Phi) is 5.79. The van der Waals surface area contributed by atoms with Crippen LogP contribution in [0.2, 0.25) is 0 Å². The van der Waals surface area contributed by atoms with E-state index in [1.165, 1.54) is 11.3 Å². The first-order valence-corrected chi connectivity index (χ1v) is 7.27. The maximum atomic E-state index is 11.7. The van der Waals surface area contributed by atoms with Gasteiger partial charge in [0.1, 0.15) is 0 Å². The summed E-state index contributed by atoms with van der Waals surface area (Å²) < 4.78 is 1.02. The highest BCUT2D eigenvalue weighted by molar-refractivity contribution is 9.11. The van der Waals surface area contributed by atoms with Crippen molar-refractivity contribution in [2.75, 3.05) is 6.54 Å². The van der Waals surface area contributed by atoms with E-state index >= 15 is 0 Å². The van der Waals surface area contributed by atoms with Gasteiger partial charge in [-0.25, -0.2) is 0 Å². The van der Waals surface area contributed by atoms with Crippen LogP contribution in [0.15, 0.2) is 9.85 Å². The smallest absolute Gasteiger partial charge is 0.261 e. The van der Waals surface area contributed by atoms with E-state index in [0.29, 0.717) is 6.54 Å². The molecule has 2 nitrogen and oxygen atoms in total. The molecule has 90 valence electrons. The fourth-order valence-corrected chi connectivity index (χ4v) is 2.77. The van der Waals surface area contributed by atoms with Crippen molar-refractivity contribution in [1.29, 1.82) is 0 Å². The Bertz CT molecular complexity index is 347. The van der Waals surface area contributed by atoms with E-state index in [-0.39, 0.29) is 11.3 Å². The van der Waals surface area contributed by atoms with Crippen LogP contribution in [-0.4, -0.2) is 17.8 Å². The molecule has 1 aromatic rings. The molecule has 1 amide bonds. The van der Waals surface area contributed by atoms with Crippen molar-refractivity contribution in [3.8, 4) is 0 Å². The molecule has 0 bridgehead atoms. The Labute approximate surface area is 114 Å². The summed E-state index contributed by atoms with van der Waals surface area (Å²) in [5.41, 5.74) is 1.10. The van der Waals surface area contributed by atoms with Gasteiger partial charge in [-0.2, -0.15) is 0 Å². The zero-order valence-electron chi connectivity index (χ0n) is 9.35. The number of hydrogen-bond donors (Lipinski definition) is 1. The summed E-state index contributed by atoms with van der Waals surface area (Å²) in [6, 6.07) is 1.89. The Morgan fingerprint density at radius 2 is 2.38 bits per heavy atom. The van der Waals surface area contributed by atoms with Gasteiger partial charge in [0.2, 0.25) is 0 Å². The SMILES string of the molecule is CCC(Cl)CCNC(=O)c1cc(C)c(Br)s1. The van der Waals surface area contributed by atoms with E-state index in [1.54, 1.807) is 0 Å².